The van der Waals surface area contributed by atoms with Gasteiger partial charge < -0.3 is 24.7 Å². The number of aliphatic carboxylic acids is 2. The average molecular weight is 309 g/mol. The van der Waals surface area contributed by atoms with Crippen molar-refractivity contribution < 1.29 is 19.8 Å². The first-order chi connectivity index (χ1) is 10.1. The molecule has 2 rings (SSSR count). The number of carboxylic acids is 2. The van der Waals surface area contributed by atoms with Crippen molar-refractivity contribution in [1.29, 1.82) is 0 Å². The van der Waals surface area contributed by atoms with Crippen molar-refractivity contribution in [2.45, 2.75) is 33.6 Å². The lowest BCUT2D eigenvalue weighted by Gasteiger charge is -2.08. The Balaban J connectivity index is 0.00000242. The molecule has 22 heavy (non-hydrogen) atoms. The molecule has 0 aliphatic rings. The first-order valence-electron chi connectivity index (χ1n) is 6.20. The number of nitrogens with one attached hydrogen (secondary N) is 1. The summed E-state index contributed by atoms with van der Waals surface area (Å²) in [4.78, 5) is 29.5. The molecule has 0 aliphatic heterocycles. The van der Waals surface area contributed by atoms with E-state index >= 15 is 0 Å². The van der Waals surface area contributed by atoms with E-state index in [1.807, 2.05) is 0 Å². The molecule has 0 spiro atoms. The van der Waals surface area contributed by atoms with Crippen molar-refractivity contribution in [3.63, 3.8) is 0 Å². The van der Waals surface area contributed by atoms with Gasteiger partial charge in [-0.3, -0.25) is 9.59 Å². The van der Waals surface area contributed by atoms with Crippen LogP contribution in [0.15, 0.2) is 24.8 Å². The second-order valence-electron chi connectivity index (χ2n) is 4.33. The molecule has 0 radical (unpaired) electrons. The van der Waals surface area contributed by atoms with E-state index in [2.05, 4.69) is 15.3 Å². The molecule has 120 valence electrons. The molecule has 0 bridgehead atoms. The van der Waals surface area contributed by atoms with Crippen molar-refractivity contribution in [3.8, 4) is 0 Å². The van der Waals surface area contributed by atoms with Crippen molar-refractivity contribution >= 4 is 11.9 Å². The van der Waals surface area contributed by atoms with E-state index in [1.165, 1.54) is 21.5 Å². The molecular formula is C13H19N5O4. The average Bonchev–Trinajstić information content (AvgIpc) is 2.99. The second-order valence-corrected chi connectivity index (χ2v) is 4.33. The molecule has 9 nitrogen and oxygen atoms in total. The third kappa shape index (κ3) is 4.70. The zero-order chi connectivity index (χ0) is 15.2. The molecule has 0 fully saturated rings. The molecular weight excluding hydrogens is 290 g/mol. The van der Waals surface area contributed by atoms with Crippen LogP contribution in [-0.4, -0.2) is 41.3 Å². The Morgan fingerprint density at radius 2 is 1.36 bits per heavy atom. The van der Waals surface area contributed by atoms with Gasteiger partial charge in [0.05, 0.1) is 13.1 Å². The molecule has 2 aromatic heterocycles. The molecule has 0 amide bonds. The Kier molecular flexibility index (Phi) is 6.26. The number of carbonyl (C=O) groups is 2. The summed E-state index contributed by atoms with van der Waals surface area (Å²) < 4.78 is 3.05. The standard InChI is InChI=1S/C12H15N5O4.CH4/c18-11(19)7-16-3-1-14-9(16)5-13-6-10-15-2-4-17(10)8-12(20)21;/h1-4,13H,5-8H2,(H,18,19)(H,20,21);1H4. The maximum atomic E-state index is 10.7. The Morgan fingerprint density at radius 1 is 0.955 bits per heavy atom. The van der Waals surface area contributed by atoms with E-state index in [4.69, 9.17) is 10.2 Å². The van der Waals surface area contributed by atoms with Crippen LogP contribution in [0.4, 0.5) is 0 Å². The zero-order valence-electron chi connectivity index (χ0n) is 11.1. The molecule has 3 N–H and O–H groups in total. The minimum Gasteiger partial charge on any atom is -0.480 e. The molecule has 0 saturated carbocycles. The fraction of sp³-hybridized carbons (Fsp3) is 0.385. The maximum absolute atomic E-state index is 10.7. The van der Waals surface area contributed by atoms with Gasteiger partial charge in [0.15, 0.2) is 0 Å². The van der Waals surface area contributed by atoms with Crippen LogP contribution in [0.1, 0.15) is 19.1 Å². The number of aromatic nitrogens is 4. The maximum Gasteiger partial charge on any atom is 0.323 e. The Hall–Kier alpha value is -2.68. The third-order valence-electron chi connectivity index (χ3n) is 2.78. The van der Waals surface area contributed by atoms with E-state index in [1.54, 1.807) is 12.4 Å². The highest BCUT2D eigenvalue weighted by atomic mass is 16.4. The van der Waals surface area contributed by atoms with Gasteiger partial charge in [0.25, 0.3) is 0 Å². The van der Waals surface area contributed by atoms with Crippen molar-refractivity contribution in [2.75, 3.05) is 0 Å². The zero-order valence-corrected chi connectivity index (χ0v) is 11.1. The first kappa shape index (κ1) is 17.4. The van der Waals surface area contributed by atoms with E-state index in [0.717, 1.165) is 0 Å². The summed E-state index contributed by atoms with van der Waals surface area (Å²) in [5.74, 6) is -0.694. The van der Waals surface area contributed by atoms with Crippen molar-refractivity contribution in [3.05, 3.63) is 36.4 Å². The highest BCUT2D eigenvalue weighted by Gasteiger charge is 2.08. The van der Waals surface area contributed by atoms with Gasteiger partial charge in [-0.25, -0.2) is 9.97 Å². The second kappa shape index (κ2) is 7.93. The lowest BCUT2D eigenvalue weighted by molar-refractivity contribution is -0.138. The third-order valence-corrected chi connectivity index (χ3v) is 2.78. The number of imidazole rings is 2. The van der Waals surface area contributed by atoms with Gasteiger partial charge in [-0.1, -0.05) is 7.43 Å². The minimum absolute atomic E-state index is 0. The number of nitrogens with zero attached hydrogens (tertiary/aromatic N) is 4. The van der Waals surface area contributed by atoms with Crippen LogP contribution in [0.3, 0.4) is 0 Å². The van der Waals surface area contributed by atoms with Crippen molar-refractivity contribution in [2.24, 2.45) is 0 Å². The summed E-state index contributed by atoms with van der Waals surface area (Å²) in [6, 6.07) is 0. The number of hydrogen-bond donors (Lipinski definition) is 3. The molecule has 0 saturated heterocycles. The number of carboxylic acid groups (broad SMARTS) is 2. The largest absolute Gasteiger partial charge is 0.480 e. The molecule has 9 heteroatoms. The molecule has 0 atom stereocenters. The molecule has 0 unspecified atom stereocenters. The van der Waals surface area contributed by atoms with E-state index < -0.39 is 11.9 Å². The Bertz CT molecular complexity index is 580. The van der Waals surface area contributed by atoms with Gasteiger partial charge in [-0.05, 0) is 0 Å². The molecule has 0 aliphatic carbocycles. The predicted octanol–water partition coefficient (Wildman–Crippen LogP) is 0.175. The fourth-order valence-corrected chi connectivity index (χ4v) is 1.88. The SMILES string of the molecule is C.O=C(O)Cn1ccnc1CNCc1nccn1CC(=O)O. The lowest BCUT2D eigenvalue weighted by Crippen LogP contribution is -2.21. The van der Waals surface area contributed by atoms with Gasteiger partial charge in [0.1, 0.15) is 24.7 Å². The topological polar surface area (TPSA) is 122 Å². The van der Waals surface area contributed by atoms with Crippen LogP contribution < -0.4 is 5.32 Å². The van der Waals surface area contributed by atoms with Crippen molar-refractivity contribution in [1.82, 2.24) is 24.4 Å². The predicted molar refractivity (Wildman–Crippen MR) is 77.0 cm³/mol. The van der Waals surface area contributed by atoms with Crippen LogP contribution in [0.25, 0.3) is 0 Å². The smallest absolute Gasteiger partial charge is 0.323 e. The summed E-state index contributed by atoms with van der Waals surface area (Å²) in [7, 11) is 0. The summed E-state index contributed by atoms with van der Waals surface area (Å²) >= 11 is 0. The first-order valence-corrected chi connectivity index (χ1v) is 6.20. The molecule has 2 aromatic rings. The van der Waals surface area contributed by atoms with Crippen LogP contribution in [0.5, 0.6) is 0 Å². The normalized spacial score (nSPS) is 10.2. The highest BCUT2D eigenvalue weighted by Crippen LogP contribution is 2.00. The Morgan fingerprint density at radius 3 is 1.73 bits per heavy atom. The van der Waals surface area contributed by atoms with Gasteiger partial charge in [0, 0.05) is 24.8 Å². The van der Waals surface area contributed by atoms with E-state index in [-0.39, 0.29) is 20.5 Å². The van der Waals surface area contributed by atoms with Gasteiger partial charge >= 0.3 is 11.9 Å². The molecule has 2 heterocycles. The van der Waals surface area contributed by atoms with Gasteiger partial charge in [-0.2, -0.15) is 0 Å². The summed E-state index contributed by atoms with van der Waals surface area (Å²) in [6.45, 7) is 0.426. The van der Waals surface area contributed by atoms with Crippen LogP contribution in [0.2, 0.25) is 0 Å². The number of rotatable bonds is 8. The molecule has 0 aromatic carbocycles. The fourth-order valence-electron chi connectivity index (χ4n) is 1.88. The van der Waals surface area contributed by atoms with Crippen LogP contribution in [-0.2, 0) is 35.8 Å². The van der Waals surface area contributed by atoms with Gasteiger partial charge in [-0.15, -0.1) is 0 Å². The van der Waals surface area contributed by atoms with Crippen LogP contribution in [0, 0.1) is 0 Å². The Labute approximate surface area is 127 Å². The highest BCUT2D eigenvalue weighted by molar-refractivity contribution is 5.66. The van der Waals surface area contributed by atoms with Gasteiger partial charge in [0.2, 0.25) is 0 Å². The number of hydrogen-bond acceptors (Lipinski definition) is 5. The van der Waals surface area contributed by atoms with E-state index in [9.17, 15) is 9.59 Å². The summed E-state index contributed by atoms with van der Waals surface area (Å²) in [5.41, 5.74) is 0. The minimum atomic E-state index is -0.939. The van der Waals surface area contributed by atoms with Crippen LogP contribution >= 0.6 is 0 Å². The summed E-state index contributed by atoms with van der Waals surface area (Å²) in [5, 5.41) is 20.6. The van der Waals surface area contributed by atoms with E-state index in [0.29, 0.717) is 24.7 Å². The monoisotopic (exact) mass is 309 g/mol. The quantitative estimate of drug-likeness (QED) is 0.635. The summed E-state index contributed by atoms with van der Waals surface area (Å²) in [6.07, 6.45) is 6.25. The lowest BCUT2D eigenvalue weighted by atomic mass is 10.5.